The van der Waals surface area contributed by atoms with Crippen LogP contribution in [0.5, 0.6) is 11.5 Å². The van der Waals surface area contributed by atoms with Gasteiger partial charge in [-0.05, 0) is 24.6 Å². The van der Waals surface area contributed by atoms with Crippen molar-refractivity contribution in [3.05, 3.63) is 23.8 Å². The summed E-state index contributed by atoms with van der Waals surface area (Å²) in [5, 5.41) is 0. The van der Waals surface area contributed by atoms with Crippen LogP contribution in [0, 0.1) is 0 Å². The zero-order valence-electron chi connectivity index (χ0n) is 9.25. The second-order valence-electron chi connectivity index (χ2n) is 3.31. The molecule has 0 fully saturated rings. The van der Waals surface area contributed by atoms with Gasteiger partial charge in [0.2, 0.25) is 0 Å². The molecule has 0 unspecified atom stereocenters. The van der Waals surface area contributed by atoms with E-state index in [2.05, 4.69) is 6.92 Å². The molecule has 0 bridgehead atoms. The Morgan fingerprint density at radius 1 is 1.33 bits per heavy atom. The number of unbranched alkanes of at least 4 members (excludes halogenated alkanes) is 1. The summed E-state index contributed by atoms with van der Waals surface area (Å²) in [6.45, 7) is 2.88. The maximum atomic E-state index is 5.84. The van der Waals surface area contributed by atoms with Crippen LogP contribution in [0.1, 0.15) is 25.3 Å². The van der Waals surface area contributed by atoms with Crippen LogP contribution in [0.2, 0.25) is 0 Å². The molecule has 2 nitrogen and oxygen atoms in total. The summed E-state index contributed by atoms with van der Waals surface area (Å²) >= 11 is 5.84. The van der Waals surface area contributed by atoms with Gasteiger partial charge < -0.3 is 9.47 Å². The molecule has 0 atom stereocenters. The van der Waals surface area contributed by atoms with E-state index in [1.54, 1.807) is 7.11 Å². The van der Waals surface area contributed by atoms with Crippen molar-refractivity contribution >= 4 is 11.6 Å². The summed E-state index contributed by atoms with van der Waals surface area (Å²) < 4.78 is 10.8. The zero-order valence-corrected chi connectivity index (χ0v) is 10.0. The number of benzene rings is 1. The van der Waals surface area contributed by atoms with E-state index in [0.29, 0.717) is 5.88 Å². The molecule has 0 radical (unpaired) electrons. The zero-order chi connectivity index (χ0) is 11.1. The second kappa shape index (κ2) is 6.57. The molecule has 0 saturated carbocycles. The van der Waals surface area contributed by atoms with Crippen molar-refractivity contribution in [2.45, 2.75) is 25.6 Å². The summed E-state index contributed by atoms with van der Waals surface area (Å²) in [4.78, 5) is 0. The third kappa shape index (κ3) is 3.63. The Kier molecular flexibility index (Phi) is 5.33. The van der Waals surface area contributed by atoms with Gasteiger partial charge in [-0.2, -0.15) is 0 Å². The van der Waals surface area contributed by atoms with Crippen molar-refractivity contribution in [1.82, 2.24) is 0 Å². The third-order valence-electron chi connectivity index (χ3n) is 2.17. The second-order valence-corrected chi connectivity index (χ2v) is 3.58. The van der Waals surface area contributed by atoms with Gasteiger partial charge in [-0.15, -0.1) is 11.6 Å². The lowest BCUT2D eigenvalue weighted by atomic mass is 10.2. The lowest BCUT2D eigenvalue weighted by molar-refractivity contribution is 0.306. The quantitative estimate of drug-likeness (QED) is 0.547. The van der Waals surface area contributed by atoms with E-state index >= 15 is 0 Å². The molecule has 0 aliphatic carbocycles. The molecule has 0 aliphatic rings. The highest BCUT2D eigenvalue weighted by Crippen LogP contribution is 2.25. The average molecular weight is 229 g/mol. The van der Waals surface area contributed by atoms with Gasteiger partial charge in [0.05, 0.1) is 19.6 Å². The van der Waals surface area contributed by atoms with Gasteiger partial charge in [-0.3, -0.25) is 0 Å². The molecule has 1 aromatic rings. The number of methoxy groups -OCH3 is 1. The Balaban J connectivity index is 2.69. The van der Waals surface area contributed by atoms with Crippen LogP contribution in [0.15, 0.2) is 18.2 Å². The SMILES string of the molecule is CCCCOc1ccc(OC)cc1CCl. The minimum Gasteiger partial charge on any atom is -0.497 e. The molecule has 0 N–H and O–H groups in total. The molecule has 15 heavy (non-hydrogen) atoms. The lowest BCUT2D eigenvalue weighted by Gasteiger charge is -2.10. The first kappa shape index (κ1) is 12.2. The van der Waals surface area contributed by atoms with E-state index in [-0.39, 0.29) is 0 Å². The van der Waals surface area contributed by atoms with Crippen molar-refractivity contribution in [2.24, 2.45) is 0 Å². The fourth-order valence-electron chi connectivity index (χ4n) is 1.25. The standard InChI is InChI=1S/C12H17ClO2/c1-3-4-7-15-12-6-5-11(14-2)8-10(12)9-13/h5-6,8H,3-4,7,9H2,1-2H3. The highest BCUT2D eigenvalue weighted by molar-refractivity contribution is 6.17. The molecule has 3 heteroatoms. The number of alkyl halides is 1. The maximum Gasteiger partial charge on any atom is 0.123 e. The van der Waals surface area contributed by atoms with Crippen LogP contribution in [0.3, 0.4) is 0 Å². The van der Waals surface area contributed by atoms with E-state index in [9.17, 15) is 0 Å². The predicted octanol–water partition coefficient (Wildman–Crippen LogP) is 3.61. The normalized spacial score (nSPS) is 10.1. The van der Waals surface area contributed by atoms with Gasteiger partial charge in [0.25, 0.3) is 0 Å². The highest BCUT2D eigenvalue weighted by Gasteiger charge is 2.04. The number of ether oxygens (including phenoxy) is 2. The smallest absolute Gasteiger partial charge is 0.123 e. The summed E-state index contributed by atoms with van der Waals surface area (Å²) in [6.07, 6.45) is 2.19. The average Bonchev–Trinajstić information content (AvgIpc) is 2.29. The van der Waals surface area contributed by atoms with Crippen LogP contribution in [-0.2, 0) is 5.88 Å². The van der Waals surface area contributed by atoms with Crippen LogP contribution < -0.4 is 9.47 Å². The topological polar surface area (TPSA) is 18.5 Å². The van der Waals surface area contributed by atoms with Crippen molar-refractivity contribution in [2.75, 3.05) is 13.7 Å². The number of halogens is 1. The molecule has 0 spiro atoms. The van der Waals surface area contributed by atoms with Crippen LogP contribution in [0.25, 0.3) is 0 Å². The van der Waals surface area contributed by atoms with Gasteiger partial charge in [-0.1, -0.05) is 13.3 Å². The highest BCUT2D eigenvalue weighted by atomic mass is 35.5. The molecule has 0 aliphatic heterocycles. The van der Waals surface area contributed by atoms with E-state index in [0.717, 1.165) is 36.5 Å². The monoisotopic (exact) mass is 228 g/mol. The van der Waals surface area contributed by atoms with Crippen molar-refractivity contribution in [3.63, 3.8) is 0 Å². The summed E-state index contributed by atoms with van der Waals surface area (Å²) in [6, 6.07) is 5.71. The van der Waals surface area contributed by atoms with Gasteiger partial charge in [0, 0.05) is 5.56 Å². The molecular formula is C12H17ClO2. The first-order valence-corrected chi connectivity index (χ1v) is 5.71. The van der Waals surface area contributed by atoms with E-state index < -0.39 is 0 Å². The van der Waals surface area contributed by atoms with Crippen LogP contribution in [-0.4, -0.2) is 13.7 Å². The predicted molar refractivity (Wildman–Crippen MR) is 63.0 cm³/mol. The molecule has 1 aromatic carbocycles. The van der Waals surface area contributed by atoms with Gasteiger partial charge in [-0.25, -0.2) is 0 Å². The van der Waals surface area contributed by atoms with E-state index in [1.807, 2.05) is 18.2 Å². The van der Waals surface area contributed by atoms with Crippen molar-refractivity contribution < 1.29 is 9.47 Å². The molecule has 0 heterocycles. The van der Waals surface area contributed by atoms with Crippen LogP contribution in [0.4, 0.5) is 0 Å². The molecule has 0 saturated heterocycles. The van der Waals surface area contributed by atoms with Gasteiger partial charge >= 0.3 is 0 Å². The Morgan fingerprint density at radius 2 is 2.13 bits per heavy atom. The fraction of sp³-hybridized carbons (Fsp3) is 0.500. The third-order valence-corrected chi connectivity index (χ3v) is 2.46. The Hall–Kier alpha value is -0.890. The largest absolute Gasteiger partial charge is 0.497 e. The first-order chi connectivity index (χ1) is 7.31. The molecule has 1 rings (SSSR count). The number of rotatable bonds is 6. The summed E-state index contributed by atoms with van der Waals surface area (Å²) in [7, 11) is 1.64. The van der Waals surface area contributed by atoms with Gasteiger partial charge in [0.15, 0.2) is 0 Å². The Labute approximate surface area is 96.2 Å². The number of hydrogen-bond acceptors (Lipinski definition) is 2. The minimum atomic E-state index is 0.443. The first-order valence-electron chi connectivity index (χ1n) is 5.17. The summed E-state index contributed by atoms with van der Waals surface area (Å²) in [5.41, 5.74) is 0.979. The van der Waals surface area contributed by atoms with E-state index in [1.165, 1.54) is 0 Å². The maximum absolute atomic E-state index is 5.84. The Morgan fingerprint density at radius 3 is 2.73 bits per heavy atom. The molecule has 84 valence electrons. The minimum absolute atomic E-state index is 0.443. The summed E-state index contributed by atoms with van der Waals surface area (Å²) in [5.74, 6) is 2.12. The van der Waals surface area contributed by atoms with Crippen LogP contribution >= 0.6 is 11.6 Å². The Bertz CT molecular complexity index is 300. The van der Waals surface area contributed by atoms with E-state index in [4.69, 9.17) is 21.1 Å². The molecular weight excluding hydrogens is 212 g/mol. The van der Waals surface area contributed by atoms with Crippen molar-refractivity contribution in [1.29, 1.82) is 0 Å². The van der Waals surface area contributed by atoms with Gasteiger partial charge in [0.1, 0.15) is 11.5 Å². The molecule has 0 aromatic heterocycles. The fourth-order valence-corrected chi connectivity index (χ4v) is 1.46. The number of hydrogen-bond donors (Lipinski definition) is 0. The molecule has 0 amide bonds. The van der Waals surface area contributed by atoms with Crippen molar-refractivity contribution in [3.8, 4) is 11.5 Å². The lowest BCUT2D eigenvalue weighted by Crippen LogP contribution is -1.99.